The molecule has 0 aromatic carbocycles. The van der Waals surface area contributed by atoms with Crippen molar-refractivity contribution in [2.45, 2.75) is 74.6 Å². The molecule has 3 heterocycles. The molecule has 3 aliphatic heterocycles. The number of aliphatic hydroxyl groups is 2. The maximum absolute atomic E-state index is 12.3. The molecule has 0 aliphatic carbocycles. The van der Waals surface area contributed by atoms with Gasteiger partial charge in [0.2, 0.25) is 0 Å². The van der Waals surface area contributed by atoms with Crippen LogP contribution in [0.3, 0.4) is 0 Å². The van der Waals surface area contributed by atoms with Crippen molar-refractivity contribution in [3.8, 4) is 0 Å². The molecule has 0 aromatic rings. The van der Waals surface area contributed by atoms with Crippen LogP contribution in [0, 0.1) is 0 Å². The van der Waals surface area contributed by atoms with Gasteiger partial charge in [0.1, 0.15) is 49.2 Å². The lowest BCUT2D eigenvalue weighted by atomic mass is 10.2. The molecule has 3 aliphatic rings. The van der Waals surface area contributed by atoms with Crippen LogP contribution in [0.15, 0.2) is 0 Å². The Bertz CT molecular complexity index is 750. The molecule has 33 heavy (non-hydrogen) atoms. The topological polar surface area (TPSA) is 258 Å². The van der Waals surface area contributed by atoms with Gasteiger partial charge in [-0.3, -0.25) is 18.1 Å². The second-order valence-electron chi connectivity index (χ2n) is 7.91. The molecule has 3 saturated heterocycles. The Kier molecular flexibility index (Phi) is 9.42. The van der Waals surface area contributed by atoms with E-state index in [1.54, 1.807) is 0 Å². The van der Waals surface area contributed by atoms with Gasteiger partial charge in [-0.1, -0.05) is 0 Å². The molecule has 11 atom stereocenters. The molecule has 3 fully saturated rings. The Morgan fingerprint density at radius 3 is 1.67 bits per heavy atom. The smallest absolute Gasteiger partial charge is 0.394 e. The summed E-state index contributed by atoms with van der Waals surface area (Å²) in [6.45, 7) is -1.51. The van der Waals surface area contributed by atoms with Gasteiger partial charge in [-0.05, 0) is 0 Å². The van der Waals surface area contributed by atoms with Crippen LogP contribution in [0.4, 0.5) is 0 Å². The summed E-state index contributed by atoms with van der Waals surface area (Å²) in [7, 11) is -9.31. The Morgan fingerprint density at radius 1 is 0.758 bits per heavy atom. The second-order valence-corrected chi connectivity index (χ2v) is 10.7. The zero-order valence-corrected chi connectivity index (χ0v) is 19.3. The highest BCUT2D eigenvalue weighted by atomic mass is 31.2. The van der Waals surface area contributed by atoms with Crippen LogP contribution in [0.25, 0.3) is 0 Å². The van der Waals surface area contributed by atoms with Crippen molar-refractivity contribution in [2.24, 2.45) is 17.2 Å². The number of hydrogen-bond acceptors (Lipinski definition) is 14. The summed E-state index contributed by atoms with van der Waals surface area (Å²) in [5.41, 5.74) is 16.8. The molecule has 0 aromatic heterocycles. The number of aliphatic hydroxyl groups excluding tert-OH is 2. The third kappa shape index (κ3) is 7.95. The zero-order chi connectivity index (χ0) is 24.4. The molecule has 0 bridgehead atoms. The maximum atomic E-state index is 12.3. The van der Waals surface area contributed by atoms with Gasteiger partial charge in [0.05, 0.1) is 25.9 Å². The molecular formula is C15H31N3O13P2. The van der Waals surface area contributed by atoms with Gasteiger partial charge in [-0.2, -0.15) is 0 Å². The van der Waals surface area contributed by atoms with E-state index in [0.29, 0.717) is 0 Å². The van der Waals surface area contributed by atoms with Crippen molar-refractivity contribution in [2.75, 3.05) is 19.8 Å². The second kappa shape index (κ2) is 11.3. The van der Waals surface area contributed by atoms with Crippen LogP contribution >= 0.6 is 15.6 Å². The zero-order valence-electron chi connectivity index (χ0n) is 17.5. The van der Waals surface area contributed by atoms with E-state index in [1.807, 2.05) is 0 Å². The van der Waals surface area contributed by atoms with Gasteiger partial charge in [0.25, 0.3) is 0 Å². The monoisotopic (exact) mass is 523 g/mol. The van der Waals surface area contributed by atoms with Gasteiger partial charge >= 0.3 is 15.6 Å². The van der Waals surface area contributed by atoms with Crippen molar-refractivity contribution >= 4 is 15.6 Å². The first-order valence-electron chi connectivity index (χ1n) is 10.2. The number of phosphoric ester groups is 2. The van der Waals surface area contributed by atoms with Crippen molar-refractivity contribution < 1.29 is 61.4 Å². The van der Waals surface area contributed by atoms with E-state index in [9.17, 15) is 29.1 Å². The lowest BCUT2D eigenvalue weighted by Gasteiger charge is -2.24. The standard InChI is InChI=1S/C15H31N3O13P2/c16-13-1-7(20)11(28-13)5-25-32(21,22)31-9-3-15(18)29-12(9)6-26-33(23,24)30-8-2-14(17)27-10(8)4-19/h7-15,19-20H,1-6,16-18H2,(H,21,22)(H,23,24)/t7-,8-,9-,10-,11-,12-,13+,14-,15-/m1/s1. The first-order valence-corrected chi connectivity index (χ1v) is 13.2. The fourth-order valence-corrected chi connectivity index (χ4v) is 5.60. The van der Waals surface area contributed by atoms with Crippen molar-refractivity contribution in [1.29, 1.82) is 0 Å². The highest BCUT2D eigenvalue weighted by molar-refractivity contribution is 7.47. The molecule has 0 spiro atoms. The SMILES string of the molecule is N[C@@H]1C[C@@H](O)[C@@H](COP(=O)(O)O[C@@H]2C[C@H](N)O[C@@H]2COP(=O)(O)O[C@@H]2C[C@H](N)O[C@@H]2CO)O1. The summed E-state index contributed by atoms with van der Waals surface area (Å²) < 4.78 is 60.2. The molecule has 3 rings (SSSR count). The molecule has 2 unspecified atom stereocenters. The van der Waals surface area contributed by atoms with E-state index in [0.717, 1.165) is 0 Å². The summed E-state index contributed by atoms with van der Waals surface area (Å²) in [5.74, 6) is 0. The fraction of sp³-hybridized carbons (Fsp3) is 1.00. The average molecular weight is 523 g/mol. The highest BCUT2D eigenvalue weighted by Crippen LogP contribution is 2.50. The Balaban J connectivity index is 1.50. The molecule has 16 nitrogen and oxygen atoms in total. The van der Waals surface area contributed by atoms with Gasteiger partial charge in [0.15, 0.2) is 0 Å². The van der Waals surface area contributed by atoms with E-state index in [2.05, 4.69) is 0 Å². The van der Waals surface area contributed by atoms with Crippen LogP contribution in [-0.2, 0) is 41.4 Å². The van der Waals surface area contributed by atoms with Crippen molar-refractivity contribution in [1.82, 2.24) is 0 Å². The minimum Gasteiger partial charge on any atom is -0.394 e. The van der Waals surface area contributed by atoms with Crippen LogP contribution < -0.4 is 17.2 Å². The van der Waals surface area contributed by atoms with Crippen molar-refractivity contribution in [3.63, 3.8) is 0 Å². The molecule has 18 heteroatoms. The molecule has 0 radical (unpaired) electrons. The molecule has 0 amide bonds. The lowest BCUT2D eigenvalue weighted by molar-refractivity contribution is -0.0431. The fourth-order valence-electron chi connectivity index (χ4n) is 3.68. The molecule has 0 saturated carbocycles. The van der Waals surface area contributed by atoms with E-state index < -0.39 is 90.8 Å². The van der Waals surface area contributed by atoms with Gasteiger partial charge in [0, 0.05) is 19.3 Å². The summed E-state index contributed by atoms with van der Waals surface area (Å²) >= 11 is 0. The van der Waals surface area contributed by atoms with Gasteiger partial charge < -0.3 is 51.4 Å². The van der Waals surface area contributed by atoms with Crippen LogP contribution in [0.1, 0.15) is 19.3 Å². The summed E-state index contributed by atoms with van der Waals surface area (Å²) in [6.07, 6.45) is -8.20. The number of nitrogens with two attached hydrogens (primary N) is 3. The Labute approximate surface area is 189 Å². The third-order valence-corrected chi connectivity index (χ3v) is 7.26. The summed E-state index contributed by atoms with van der Waals surface area (Å²) in [5, 5.41) is 19.0. The lowest BCUT2D eigenvalue weighted by Crippen LogP contribution is -2.31. The molecule has 194 valence electrons. The third-order valence-electron chi connectivity index (χ3n) is 5.23. The number of ether oxygens (including phenoxy) is 3. The largest absolute Gasteiger partial charge is 0.472 e. The maximum Gasteiger partial charge on any atom is 0.472 e. The molecule has 10 N–H and O–H groups in total. The van der Waals surface area contributed by atoms with E-state index in [-0.39, 0.29) is 19.3 Å². The first-order chi connectivity index (χ1) is 15.4. The molecular weight excluding hydrogens is 492 g/mol. The van der Waals surface area contributed by atoms with E-state index in [4.69, 9.17) is 49.5 Å². The summed E-state index contributed by atoms with van der Waals surface area (Å²) in [4.78, 5) is 20.0. The number of rotatable bonds is 11. The Morgan fingerprint density at radius 2 is 1.18 bits per heavy atom. The predicted octanol–water partition coefficient (Wildman–Crippen LogP) is -2.43. The van der Waals surface area contributed by atoms with Crippen LogP contribution in [0.5, 0.6) is 0 Å². The summed E-state index contributed by atoms with van der Waals surface area (Å²) in [6, 6.07) is 0. The quantitative estimate of drug-likeness (QED) is 0.139. The van der Waals surface area contributed by atoms with Gasteiger partial charge in [-0.15, -0.1) is 0 Å². The minimum absolute atomic E-state index is 0.0378. The average Bonchev–Trinajstić information content (AvgIpc) is 3.33. The van der Waals surface area contributed by atoms with E-state index in [1.165, 1.54) is 0 Å². The van der Waals surface area contributed by atoms with E-state index >= 15 is 0 Å². The Hall–Kier alpha value is -0.100. The van der Waals surface area contributed by atoms with Crippen LogP contribution in [0.2, 0.25) is 0 Å². The highest BCUT2D eigenvalue weighted by Gasteiger charge is 2.44. The first kappa shape index (κ1) is 27.5. The minimum atomic E-state index is -4.66. The predicted molar refractivity (Wildman–Crippen MR) is 107 cm³/mol. The number of phosphoric acid groups is 2. The number of hydrogen-bond donors (Lipinski definition) is 7. The normalized spacial score (nSPS) is 42.9. The van der Waals surface area contributed by atoms with Crippen molar-refractivity contribution in [3.05, 3.63) is 0 Å². The van der Waals surface area contributed by atoms with Gasteiger partial charge in [-0.25, -0.2) is 9.13 Å². The van der Waals surface area contributed by atoms with Crippen LogP contribution in [-0.4, -0.2) is 95.1 Å².